The van der Waals surface area contributed by atoms with Crippen molar-refractivity contribution in [3.8, 4) is 0 Å². The van der Waals surface area contributed by atoms with Gasteiger partial charge in [-0.1, -0.05) is 48.0 Å². The summed E-state index contributed by atoms with van der Waals surface area (Å²) in [5.41, 5.74) is 2.58. The highest BCUT2D eigenvalue weighted by Crippen LogP contribution is 2.28. The molecule has 1 saturated carbocycles. The number of hydrogen-bond donors (Lipinski definition) is 1. The van der Waals surface area contributed by atoms with E-state index in [0.29, 0.717) is 17.9 Å². The Balaban J connectivity index is 2.10. The molecule has 0 aromatic heterocycles. The van der Waals surface area contributed by atoms with Crippen molar-refractivity contribution in [2.75, 3.05) is 7.11 Å². The van der Waals surface area contributed by atoms with Crippen LogP contribution in [0.25, 0.3) is 0 Å². The van der Waals surface area contributed by atoms with Gasteiger partial charge in [0.25, 0.3) is 5.91 Å². The highest BCUT2D eigenvalue weighted by molar-refractivity contribution is 9.10. The van der Waals surface area contributed by atoms with Crippen LogP contribution in [-0.2, 0) is 9.53 Å². The maximum Gasteiger partial charge on any atom is 0.328 e. The molecule has 4 nitrogen and oxygen atoms in total. The molecule has 0 bridgehead atoms. The van der Waals surface area contributed by atoms with Crippen LogP contribution in [0, 0.1) is 19.8 Å². The van der Waals surface area contributed by atoms with Crippen molar-refractivity contribution in [3.63, 3.8) is 0 Å². The summed E-state index contributed by atoms with van der Waals surface area (Å²) in [5.74, 6) is -0.101. The first-order chi connectivity index (χ1) is 11.4. The minimum absolute atomic E-state index is 0.222. The van der Waals surface area contributed by atoms with Crippen LogP contribution in [0.5, 0.6) is 0 Å². The van der Waals surface area contributed by atoms with Crippen molar-refractivity contribution in [3.05, 3.63) is 33.3 Å². The molecule has 5 heteroatoms. The summed E-state index contributed by atoms with van der Waals surface area (Å²) in [6.45, 7) is 3.90. The van der Waals surface area contributed by atoms with E-state index in [4.69, 9.17) is 4.74 Å². The SMILES string of the molecule is COC(=O)[C@@H](CC1CCCCC1)NC(=O)c1cc(C)c(Br)c(C)c1. The highest BCUT2D eigenvalue weighted by Gasteiger charge is 2.27. The first kappa shape index (κ1) is 19.0. The summed E-state index contributed by atoms with van der Waals surface area (Å²) in [5, 5.41) is 2.88. The molecule has 24 heavy (non-hydrogen) atoms. The van der Waals surface area contributed by atoms with Gasteiger partial charge in [0.05, 0.1) is 7.11 Å². The van der Waals surface area contributed by atoms with Gasteiger partial charge in [0, 0.05) is 10.0 Å². The molecule has 1 aromatic rings. The fraction of sp³-hybridized carbons (Fsp3) is 0.579. The number of nitrogens with one attached hydrogen (secondary N) is 1. The largest absolute Gasteiger partial charge is 0.467 e. The van der Waals surface area contributed by atoms with Crippen molar-refractivity contribution in [2.24, 2.45) is 5.92 Å². The summed E-state index contributed by atoms with van der Waals surface area (Å²) in [4.78, 5) is 24.7. The van der Waals surface area contributed by atoms with Crippen LogP contribution in [0.3, 0.4) is 0 Å². The summed E-state index contributed by atoms with van der Waals surface area (Å²) >= 11 is 3.51. The van der Waals surface area contributed by atoms with Crippen molar-refractivity contribution < 1.29 is 14.3 Å². The summed E-state index contributed by atoms with van der Waals surface area (Å²) < 4.78 is 5.90. The number of benzene rings is 1. The van der Waals surface area contributed by atoms with E-state index in [1.54, 1.807) is 0 Å². The average Bonchev–Trinajstić information content (AvgIpc) is 2.58. The highest BCUT2D eigenvalue weighted by atomic mass is 79.9. The van der Waals surface area contributed by atoms with Crippen LogP contribution < -0.4 is 5.32 Å². The van der Waals surface area contributed by atoms with Gasteiger partial charge < -0.3 is 10.1 Å². The van der Waals surface area contributed by atoms with Crippen LogP contribution >= 0.6 is 15.9 Å². The zero-order valence-corrected chi connectivity index (χ0v) is 16.2. The maximum atomic E-state index is 12.6. The molecule has 1 fully saturated rings. The first-order valence-corrected chi connectivity index (χ1v) is 9.37. The van der Waals surface area contributed by atoms with Crippen LogP contribution in [0.2, 0.25) is 0 Å². The molecule has 0 saturated heterocycles. The van der Waals surface area contributed by atoms with E-state index in [-0.39, 0.29) is 11.9 Å². The lowest BCUT2D eigenvalue weighted by Gasteiger charge is -2.26. The Morgan fingerprint density at radius 3 is 2.33 bits per heavy atom. The Kier molecular flexibility index (Phi) is 6.84. The number of amides is 1. The van der Waals surface area contributed by atoms with Crippen LogP contribution in [0.1, 0.15) is 60.0 Å². The second-order valence-corrected chi connectivity index (χ2v) is 7.51. The standard InChI is InChI=1S/C19H26BrNO3/c1-12-9-15(10-13(2)17(12)20)18(22)21-16(19(23)24-3)11-14-7-5-4-6-8-14/h9-10,14,16H,4-8,11H2,1-3H3,(H,21,22)/t16-/m1/s1. The van der Waals surface area contributed by atoms with Crippen LogP contribution in [0.4, 0.5) is 0 Å². The third-order valence-electron chi connectivity index (χ3n) is 4.78. The van der Waals surface area contributed by atoms with E-state index >= 15 is 0 Å². The van der Waals surface area contributed by atoms with Crippen LogP contribution in [0.15, 0.2) is 16.6 Å². The number of aryl methyl sites for hydroxylation is 2. The number of methoxy groups -OCH3 is 1. The average molecular weight is 396 g/mol. The molecule has 2 rings (SSSR count). The lowest BCUT2D eigenvalue weighted by Crippen LogP contribution is -2.43. The molecular formula is C19H26BrNO3. The van der Waals surface area contributed by atoms with Crippen molar-refractivity contribution in [1.29, 1.82) is 0 Å². The molecule has 0 spiro atoms. The summed E-state index contributed by atoms with van der Waals surface area (Å²) in [7, 11) is 1.37. The Morgan fingerprint density at radius 1 is 1.21 bits per heavy atom. The minimum atomic E-state index is -0.574. The number of ether oxygens (including phenoxy) is 1. The maximum absolute atomic E-state index is 12.6. The van der Waals surface area contributed by atoms with E-state index in [2.05, 4.69) is 21.2 Å². The lowest BCUT2D eigenvalue weighted by molar-refractivity contribution is -0.143. The molecule has 0 aliphatic heterocycles. The smallest absolute Gasteiger partial charge is 0.328 e. The van der Waals surface area contributed by atoms with Gasteiger partial charge in [0.2, 0.25) is 0 Å². The Labute approximate surface area is 152 Å². The third kappa shape index (κ3) is 4.82. The molecule has 1 atom stereocenters. The normalized spacial score (nSPS) is 16.5. The molecule has 1 amide bonds. The van der Waals surface area contributed by atoms with Crippen molar-refractivity contribution in [1.82, 2.24) is 5.32 Å². The van der Waals surface area contributed by atoms with Gasteiger partial charge in [-0.3, -0.25) is 4.79 Å². The van der Waals surface area contributed by atoms with E-state index in [0.717, 1.165) is 28.4 Å². The zero-order chi connectivity index (χ0) is 17.7. The minimum Gasteiger partial charge on any atom is -0.467 e. The fourth-order valence-corrected chi connectivity index (χ4v) is 3.66. The number of rotatable bonds is 5. The van der Waals surface area contributed by atoms with Gasteiger partial charge in [-0.2, -0.15) is 0 Å². The molecule has 1 N–H and O–H groups in total. The van der Waals surface area contributed by atoms with E-state index in [1.165, 1.54) is 26.4 Å². The Bertz CT molecular complexity index is 586. The van der Waals surface area contributed by atoms with Crippen LogP contribution in [-0.4, -0.2) is 25.0 Å². The third-order valence-corrected chi connectivity index (χ3v) is 6.03. The second-order valence-electron chi connectivity index (χ2n) is 6.71. The predicted molar refractivity (Wildman–Crippen MR) is 98.1 cm³/mol. The molecule has 1 aliphatic rings. The van der Waals surface area contributed by atoms with Gasteiger partial charge in [0.1, 0.15) is 6.04 Å². The molecule has 0 unspecified atom stereocenters. The number of halogens is 1. The fourth-order valence-electron chi connectivity index (χ4n) is 3.43. The number of carbonyl (C=O) groups excluding carboxylic acids is 2. The molecule has 1 aliphatic carbocycles. The number of carbonyl (C=O) groups is 2. The van der Waals surface area contributed by atoms with Gasteiger partial charge in [-0.15, -0.1) is 0 Å². The van der Waals surface area contributed by atoms with Crippen molar-refractivity contribution in [2.45, 2.75) is 58.4 Å². The number of esters is 1. The monoisotopic (exact) mass is 395 g/mol. The van der Waals surface area contributed by atoms with E-state index in [9.17, 15) is 9.59 Å². The van der Waals surface area contributed by atoms with E-state index in [1.807, 2.05) is 26.0 Å². The Hall–Kier alpha value is -1.36. The predicted octanol–water partition coefficient (Wildman–Crippen LogP) is 4.31. The Morgan fingerprint density at radius 2 is 1.79 bits per heavy atom. The van der Waals surface area contributed by atoms with Gasteiger partial charge in [-0.05, 0) is 49.4 Å². The second kappa shape index (κ2) is 8.65. The first-order valence-electron chi connectivity index (χ1n) is 8.57. The molecular weight excluding hydrogens is 370 g/mol. The summed E-state index contributed by atoms with van der Waals surface area (Å²) in [6, 6.07) is 3.10. The van der Waals surface area contributed by atoms with Crippen molar-refractivity contribution >= 4 is 27.8 Å². The molecule has 1 aromatic carbocycles. The number of hydrogen-bond acceptors (Lipinski definition) is 3. The topological polar surface area (TPSA) is 55.4 Å². The van der Waals surface area contributed by atoms with Gasteiger partial charge in [-0.25, -0.2) is 4.79 Å². The van der Waals surface area contributed by atoms with E-state index < -0.39 is 6.04 Å². The molecule has 0 radical (unpaired) electrons. The van der Waals surface area contributed by atoms with Gasteiger partial charge in [0.15, 0.2) is 0 Å². The van der Waals surface area contributed by atoms with Gasteiger partial charge >= 0.3 is 5.97 Å². The quantitative estimate of drug-likeness (QED) is 0.755. The zero-order valence-electron chi connectivity index (χ0n) is 14.7. The molecule has 0 heterocycles. The molecule has 132 valence electrons. The lowest BCUT2D eigenvalue weighted by atomic mass is 9.84. The summed E-state index contributed by atoms with van der Waals surface area (Å²) in [6.07, 6.45) is 6.59.